The highest BCUT2D eigenvalue weighted by Gasteiger charge is 2.49. The molecule has 1 amide bonds. The Kier molecular flexibility index (Phi) is 4.54. The first-order valence-electron chi connectivity index (χ1n) is 7.13. The lowest BCUT2D eigenvalue weighted by Gasteiger charge is -2.47. The van der Waals surface area contributed by atoms with Crippen molar-refractivity contribution in [1.29, 1.82) is 0 Å². The van der Waals surface area contributed by atoms with Gasteiger partial charge in [0.25, 0.3) is 0 Å². The van der Waals surface area contributed by atoms with Crippen molar-refractivity contribution in [2.45, 2.75) is 23.8 Å². The molecule has 0 unspecified atom stereocenters. The fourth-order valence-corrected chi connectivity index (χ4v) is 5.11. The van der Waals surface area contributed by atoms with E-state index in [0.717, 1.165) is 31.8 Å². The van der Waals surface area contributed by atoms with Gasteiger partial charge in [-0.05, 0) is 6.42 Å². The SMILES string of the molecule is CN(C)C(=O)CO[C@@H]1CSC2(C1)CN(Cc1nccs1)C2. The number of carbonyl (C=O) groups excluding carboxylic acids is 1. The maximum Gasteiger partial charge on any atom is 0.248 e. The second-order valence-electron chi connectivity index (χ2n) is 5.99. The lowest BCUT2D eigenvalue weighted by atomic mass is 9.93. The maximum atomic E-state index is 11.6. The molecule has 0 saturated carbocycles. The van der Waals surface area contributed by atoms with E-state index in [4.69, 9.17) is 4.74 Å². The van der Waals surface area contributed by atoms with Crippen LogP contribution in [0.3, 0.4) is 0 Å². The van der Waals surface area contributed by atoms with Crippen LogP contribution in [0.1, 0.15) is 11.4 Å². The molecule has 0 aliphatic carbocycles. The number of ether oxygens (including phenoxy) is 1. The number of hydrogen-bond donors (Lipinski definition) is 0. The van der Waals surface area contributed by atoms with Crippen molar-refractivity contribution in [2.75, 3.05) is 39.5 Å². The van der Waals surface area contributed by atoms with Gasteiger partial charge in [0.05, 0.1) is 12.6 Å². The standard InChI is InChI=1S/C14H21N3O2S2/c1-16(2)13(18)7-19-11-5-14(21-8-11)9-17(10-14)6-12-15-3-4-20-12/h3-4,11H,5-10H2,1-2H3/t11-/m0/s1. The van der Waals surface area contributed by atoms with E-state index in [-0.39, 0.29) is 18.6 Å². The van der Waals surface area contributed by atoms with Crippen LogP contribution in [0.15, 0.2) is 11.6 Å². The summed E-state index contributed by atoms with van der Waals surface area (Å²) in [5.74, 6) is 1.05. The molecule has 3 heterocycles. The monoisotopic (exact) mass is 327 g/mol. The first-order valence-corrected chi connectivity index (χ1v) is 8.99. The van der Waals surface area contributed by atoms with Crippen LogP contribution < -0.4 is 0 Å². The van der Waals surface area contributed by atoms with E-state index in [1.165, 1.54) is 5.01 Å². The number of thiazole rings is 1. The fraction of sp³-hybridized carbons (Fsp3) is 0.714. The molecule has 1 aromatic rings. The maximum absolute atomic E-state index is 11.6. The van der Waals surface area contributed by atoms with Crippen LogP contribution >= 0.6 is 23.1 Å². The van der Waals surface area contributed by atoms with Gasteiger partial charge in [-0.2, -0.15) is 0 Å². The van der Waals surface area contributed by atoms with E-state index >= 15 is 0 Å². The molecule has 2 saturated heterocycles. The molecule has 0 N–H and O–H groups in total. The average molecular weight is 327 g/mol. The molecule has 2 fully saturated rings. The van der Waals surface area contributed by atoms with E-state index in [2.05, 4.69) is 9.88 Å². The zero-order valence-electron chi connectivity index (χ0n) is 12.4. The summed E-state index contributed by atoms with van der Waals surface area (Å²) in [5.41, 5.74) is 0. The van der Waals surface area contributed by atoms with Gasteiger partial charge in [0, 0.05) is 49.3 Å². The number of hydrogen-bond acceptors (Lipinski definition) is 6. The second kappa shape index (κ2) is 6.24. The van der Waals surface area contributed by atoms with Crippen molar-refractivity contribution in [3.05, 3.63) is 16.6 Å². The van der Waals surface area contributed by atoms with Crippen LogP contribution in [0, 0.1) is 0 Å². The summed E-state index contributed by atoms with van der Waals surface area (Å²) in [6, 6.07) is 0. The van der Waals surface area contributed by atoms with Crippen molar-refractivity contribution in [3.63, 3.8) is 0 Å². The lowest BCUT2D eigenvalue weighted by molar-refractivity contribution is -0.135. The summed E-state index contributed by atoms with van der Waals surface area (Å²) in [7, 11) is 3.53. The van der Waals surface area contributed by atoms with Gasteiger partial charge < -0.3 is 9.64 Å². The summed E-state index contributed by atoms with van der Waals surface area (Å²) < 4.78 is 6.11. The van der Waals surface area contributed by atoms with Crippen LogP contribution in [0.25, 0.3) is 0 Å². The molecule has 116 valence electrons. The smallest absolute Gasteiger partial charge is 0.248 e. The molecule has 3 rings (SSSR count). The Hall–Kier alpha value is -0.630. The molecule has 2 aliphatic heterocycles. The van der Waals surface area contributed by atoms with Gasteiger partial charge >= 0.3 is 0 Å². The molecule has 0 bridgehead atoms. The molecular weight excluding hydrogens is 306 g/mol. The Morgan fingerprint density at radius 1 is 1.57 bits per heavy atom. The Morgan fingerprint density at radius 3 is 3.05 bits per heavy atom. The predicted octanol–water partition coefficient (Wildman–Crippen LogP) is 1.31. The van der Waals surface area contributed by atoms with Crippen LogP contribution in [-0.4, -0.2) is 71.1 Å². The first kappa shape index (κ1) is 15.3. The van der Waals surface area contributed by atoms with E-state index in [9.17, 15) is 4.79 Å². The van der Waals surface area contributed by atoms with Gasteiger partial charge in [-0.3, -0.25) is 9.69 Å². The molecule has 2 aliphatic rings. The number of aromatic nitrogens is 1. The number of nitrogens with zero attached hydrogens (tertiary/aromatic N) is 3. The Balaban J connectivity index is 1.40. The van der Waals surface area contributed by atoms with Gasteiger partial charge in [-0.25, -0.2) is 4.98 Å². The normalized spacial score (nSPS) is 24.2. The number of amides is 1. The molecule has 21 heavy (non-hydrogen) atoms. The third-order valence-electron chi connectivity index (χ3n) is 3.98. The van der Waals surface area contributed by atoms with Gasteiger partial charge in [0.1, 0.15) is 11.6 Å². The molecule has 7 heteroatoms. The Labute approximate surface area is 133 Å². The van der Waals surface area contributed by atoms with Crippen molar-refractivity contribution < 1.29 is 9.53 Å². The molecule has 1 atom stereocenters. The van der Waals surface area contributed by atoms with Gasteiger partial charge in [-0.15, -0.1) is 23.1 Å². The summed E-state index contributed by atoms with van der Waals surface area (Å²) >= 11 is 3.73. The second-order valence-corrected chi connectivity index (χ2v) is 8.46. The molecular formula is C14H21N3O2S2. The molecule has 0 aromatic carbocycles. The minimum absolute atomic E-state index is 0.0416. The molecule has 5 nitrogen and oxygen atoms in total. The van der Waals surface area contributed by atoms with Crippen molar-refractivity contribution in [1.82, 2.24) is 14.8 Å². The highest BCUT2D eigenvalue weighted by Crippen LogP contribution is 2.46. The molecule has 0 radical (unpaired) electrons. The summed E-state index contributed by atoms with van der Waals surface area (Å²) in [4.78, 5) is 19.9. The van der Waals surface area contributed by atoms with Gasteiger partial charge in [-0.1, -0.05) is 0 Å². The van der Waals surface area contributed by atoms with Crippen molar-refractivity contribution in [3.8, 4) is 0 Å². The van der Waals surface area contributed by atoms with E-state index in [1.807, 2.05) is 23.3 Å². The zero-order chi connectivity index (χ0) is 14.9. The van der Waals surface area contributed by atoms with Crippen LogP contribution in [-0.2, 0) is 16.1 Å². The Morgan fingerprint density at radius 2 is 2.38 bits per heavy atom. The van der Waals surface area contributed by atoms with Gasteiger partial charge in [0.15, 0.2) is 0 Å². The molecule has 1 spiro atoms. The Bertz CT molecular complexity index is 486. The highest BCUT2D eigenvalue weighted by molar-refractivity contribution is 8.01. The fourth-order valence-electron chi connectivity index (χ4n) is 2.85. The quantitative estimate of drug-likeness (QED) is 0.816. The predicted molar refractivity (Wildman–Crippen MR) is 85.6 cm³/mol. The van der Waals surface area contributed by atoms with E-state index in [0.29, 0.717) is 4.75 Å². The largest absolute Gasteiger partial charge is 0.367 e. The minimum atomic E-state index is 0.0416. The summed E-state index contributed by atoms with van der Waals surface area (Å²) in [6.45, 7) is 3.39. The third-order valence-corrected chi connectivity index (χ3v) is 6.32. The van der Waals surface area contributed by atoms with Gasteiger partial charge in [0.2, 0.25) is 5.91 Å². The van der Waals surface area contributed by atoms with Crippen molar-refractivity contribution in [2.24, 2.45) is 0 Å². The van der Waals surface area contributed by atoms with Crippen LogP contribution in [0.4, 0.5) is 0 Å². The number of rotatable bonds is 5. The van der Waals surface area contributed by atoms with Crippen LogP contribution in [0.5, 0.6) is 0 Å². The number of thioether (sulfide) groups is 1. The van der Waals surface area contributed by atoms with Crippen molar-refractivity contribution >= 4 is 29.0 Å². The minimum Gasteiger partial charge on any atom is -0.367 e. The first-order chi connectivity index (χ1) is 10.1. The van der Waals surface area contributed by atoms with Crippen LogP contribution in [0.2, 0.25) is 0 Å². The highest BCUT2D eigenvalue weighted by atomic mass is 32.2. The lowest BCUT2D eigenvalue weighted by Crippen LogP contribution is -2.58. The molecule has 1 aromatic heterocycles. The topological polar surface area (TPSA) is 45.7 Å². The zero-order valence-corrected chi connectivity index (χ0v) is 14.1. The van der Waals surface area contributed by atoms with E-state index in [1.54, 1.807) is 30.3 Å². The van der Waals surface area contributed by atoms with E-state index < -0.39 is 0 Å². The third kappa shape index (κ3) is 3.59. The number of carbonyl (C=O) groups is 1. The summed E-state index contributed by atoms with van der Waals surface area (Å²) in [6.07, 6.45) is 3.15. The average Bonchev–Trinajstić information content (AvgIpc) is 3.05. The summed E-state index contributed by atoms with van der Waals surface area (Å²) in [5, 5.41) is 3.22. The number of likely N-dealkylation sites (tertiary alicyclic amines) is 1. The number of likely N-dealkylation sites (N-methyl/N-ethyl adjacent to an activating group) is 1.